The third kappa shape index (κ3) is 7.54. The number of nitro benzene ring substituents is 1. The second kappa shape index (κ2) is 11.6. The van der Waals surface area contributed by atoms with E-state index in [4.69, 9.17) is 0 Å². The van der Waals surface area contributed by atoms with Gasteiger partial charge in [0.15, 0.2) is 5.96 Å². The summed E-state index contributed by atoms with van der Waals surface area (Å²) >= 11 is 0. The Morgan fingerprint density at radius 1 is 1.31 bits per heavy atom. The highest BCUT2D eigenvalue weighted by Crippen LogP contribution is 2.16. The number of aliphatic imine (C=N–C) groups is 1. The lowest BCUT2D eigenvalue weighted by molar-refractivity contribution is -0.385. The van der Waals surface area contributed by atoms with Crippen LogP contribution in [0.2, 0.25) is 0 Å². The first-order valence-corrected chi connectivity index (χ1v) is 9.91. The Morgan fingerprint density at radius 3 is 2.69 bits per heavy atom. The van der Waals surface area contributed by atoms with E-state index in [-0.39, 0.29) is 47.6 Å². The fraction of sp³-hybridized carbons (Fsp3) is 0.400. The van der Waals surface area contributed by atoms with E-state index >= 15 is 0 Å². The number of nitrogens with zero attached hydrogens (tertiary/aromatic N) is 5. The first-order chi connectivity index (χ1) is 13.3. The van der Waals surface area contributed by atoms with Crippen molar-refractivity contribution in [2.75, 3.05) is 19.6 Å². The molecule has 3 N–H and O–H groups in total. The van der Waals surface area contributed by atoms with Gasteiger partial charge >= 0.3 is 0 Å². The van der Waals surface area contributed by atoms with E-state index in [9.17, 15) is 18.5 Å². The molecule has 0 amide bonds. The average molecular weight is 538 g/mol. The summed E-state index contributed by atoms with van der Waals surface area (Å²) < 4.78 is 28.5. The Hall–Kier alpha value is -2.33. The van der Waals surface area contributed by atoms with Crippen molar-refractivity contribution < 1.29 is 13.3 Å². The maximum atomic E-state index is 12.3. The number of hydrogen-bond acceptors (Lipinski definition) is 7. The standard InChI is InChI=1S/C15H22N8O4S.HI/c1-3-16-15(18-10-14-19-11-20-22(14)2)17-7-8-21-28(26,27)13-6-4-5-12(9-13)23(24)25;/h4-6,9,11,21H,3,7-8,10H2,1-2H3,(H2,16,17,18);1H. The quantitative estimate of drug-likeness (QED) is 0.103. The van der Waals surface area contributed by atoms with Crippen LogP contribution < -0.4 is 15.4 Å². The highest BCUT2D eigenvalue weighted by atomic mass is 127. The van der Waals surface area contributed by atoms with Crippen LogP contribution in [0.5, 0.6) is 0 Å². The summed E-state index contributed by atoms with van der Waals surface area (Å²) in [5.74, 6) is 1.18. The van der Waals surface area contributed by atoms with Crippen LogP contribution in [0.4, 0.5) is 5.69 Å². The summed E-state index contributed by atoms with van der Waals surface area (Å²) in [6.45, 7) is 3.18. The van der Waals surface area contributed by atoms with Gasteiger partial charge in [0.1, 0.15) is 18.7 Å². The first kappa shape index (κ1) is 24.7. The first-order valence-electron chi connectivity index (χ1n) is 8.42. The van der Waals surface area contributed by atoms with Crippen LogP contribution in [-0.2, 0) is 23.6 Å². The number of nitro groups is 1. The molecule has 0 spiro atoms. The Balaban J connectivity index is 0.00000420. The molecule has 1 heterocycles. The van der Waals surface area contributed by atoms with Crippen molar-refractivity contribution in [1.82, 2.24) is 30.1 Å². The zero-order valence-corrected chi connectivity index (χ0v) is 19.0. The van der Waals surface area contributed by atoms with Gasteiger partial charge in [-0.3, -0.25) is 14.8 Å². The zero-order chi connectivity index (χ0) is 20.6. The molecule has 0 radical (unpaired) electrons. The highest BCUT2D eigenvalue weighted by Gasteiger charge is 2.17. The molecule has 0 aliphatic rings. The minimum absolute atomic E-state index is 0. The number of nitrogens with one attached hydrogen (secondary N) is 3. The molecule has 29 heavy (non-hydrogen) atoms. The lowest BCUT2D eigenvalue weighted by atomic mass is 10.3. The SMILES string of the molecule is CCNC(=NCc1ncnn1C)NCCNS(=O)(=O)c1cccc([N+](=O)[O-])c1.I. The van der Waals surface area contributed by atoms with Crippen LogP contribution >= 0.6 is 24.0 Å². The fourth-order valence-electron chi connectivity index (χ4n) is 2.17. The second-order valence-corrected chi connectivity index (χ2v) is 7.34. The smallest absolute Gasteiger partial charge is 0.270 e. The van der Waals surface area contributed by atoms with Crippen LogP contribution in [0, 0.1) is 10.1 Å². The van der Waals surface area contributed by atoms with E-state index < -0.39 is 14.9 Å². The van der Waals surface area contributed by atoms with Crippen LogP contribution in [0.1, 0.15) is 12.7 Å². The molecule has 14 heteroatoms. The lowest BCUT2D eigenvalue weighted by Gasteiger charge is -2.12. The van der Waals surface area contributed by atoms with Gasteiger partial charge in [-0.2, -0.15) is 5.10 Å². The van der Waals surface area contributed by atoms with Gasteiger partial charge in [-0.05, 0) is 13.0 Å². The third-order valence-electron chi connectivity index (χ3n) is 3.58. The molecule has 160 valence electrons. The number of halogens is 1. The molecule has 0 unspecified atom stereocenters. The lowest BCUT2D eigenvalue weighted by Crippen LogP contribution is -2.41. The largest absolute Gasteiger partial charge is 0.357 e. The van der Waals surface area contributed by atoms with Gasteiger partial charge in [0, 0.05) is 38.8 Å². The van der Waals surface area contributed by atoms with Gasteiger partial charge in [0.05, 0.1) is 9.82 Å². The van der Waals surface area contributed by atoms with Crippen molar-refractivity contribution >= 4 is 45.6 Å². The topological polar surface area (TPSA) is 156 Å². The van der Waals surface area contributed by atoms with Gasteiger partial charge in [0.25, 0.3) is 5.69 Å². The monoisotopic (exact) mass is 538 g/mol. The predicted octanol–water partition coefficient (Wildman–Crippen LogP) is 0.375. The number of aromatic nitrogens is 3. The zero-order valence-electron chi connectivity index (χ0n) is 15.9. The minimum Gasteiger partial charge on any atom is -0.357 e. The number of guanidine groups is 1. The number of benzene rings is 1. The Bertz CT molecular complexity index is 947. The number of hydrogen-bond donors (Lipinski definition) is 3. The minimum atomic E-state index is -3.86. The molecule has 2 aromatic rings. The van der Waals surface area contributed by atoms with E-state index in [1.165, 1.54) is 24.5 Å². The normalized spacial score (nSPS) is 11.6. The molecule has 1 aromatic carbocycles. The third-order valence-corrected chi connectivity index (χ3v) is 5.03. The van der Waals surface area contributed by atoms with Gasteiger partial charge in [-0.15, -0.1) is 24.0 Å². The molecule has 0 atom stereocenters. The van der Waals surface area contributed by atoms with Crippen LogP contribution in [0.3, 0.4) is 0 Å². The van der Waals surface area contributed by atoms with Gasteiger partial charge in [0.2, 0.25) is 10.0 Å². The maximum absolute atomic E-state index is 12.3. The van der Waals surface area contributed by atoms with Crippen molar-refractivity contribution in [2.24, 2.45) is 12.0 Å². The summed E-state index contributed by atoms with van der Waals surface area (Å²) in [4.78, 5) is 18.4. The molecule has 0 aliphatic carbocycles. The van der Waals surface area contributed by atoms with Crippen LogP contribution in [-0.4, -0.2) is 53.7 Å². The summed E-state index contributed by atoms with van der Waals surface area (Å²) in [5, 5.41) is 20.8. The second-order valence-electron chi connectivity index (χ2n) is 5.57. The number of sulfonamides is 1. The van der Waals surface area contributed by atoms with E-state index in [2.05, 4.69) is 30.4 Å². The fourth-order valence-corrected chi connectivity index (χ4v) is 3.24. The van der Waals surface area contributed by atoms with Gasteiger partial charge in [-0.1, -0.05) is 6.07 Å². The Kier molecular flexibility index (Phi) is 9.90. The van der Waals surface area contributed by atoms with E-state index in [1.807, 2.05) is 6.92 Å². The Morgan fingerprint density at radius 2 is 2.07 bits per heavy atom. The number of aryl methyl sites for hydroxylation is 1. The highest BCUT2D eigenvalue weighted by molar-refractivity contribution is 14.0. The van der Waals surface area contributed by atoms with E-state index in [1.54, 1.807) is 11.7 Å². The molecule has 0 bridgehead atoms. The van der Waals surface area contributed by atoms with E-state index in [0.717, 1.165) is 6.07 Å². The van der Waals surface area contributed by atoms with Gasteiger partial charge in [-0.25, -0.2) is 23.1 Å². The average Bonchev–Trinajstić information content (AvgIpc) is 3.08. The van der Waals surface area contributed by atoms with Crippen molar-refractivity contribution in [3.05, 3.63) is 46.5 Å². The molecule has 0 saturated heterocycles. The molecule has 12 nitrogen and oxygen atoms in total. The van der Waals surface area contributed by atoms with Crippen molar-refractivity contribution in [2.45, 2.75) is 18.4 Å². The molecular formula is C15H23IN8O4S. The van der Waals surface area contributed by atoms with Crippen molar-refractivity contribution in [3.63, 3.8) is 0 Å². The summed E-state index contributed by atoms with van der Waals surface area (Å²) in [5.41, 5.74) is -0.286. The molecule has 0 saturated carbocycles. The van der Waals surface area contributed by atoms with Crippen LogP contribution in [0.25, 0.3) is 0 Å². The van der Waals surface area contributed by atoms with E-state index in [0.29, 0.717) is 24.9 Å². The number of non-ortho nitro benzene ring substituents is 1. The van der Waals surface area contributed by atoms with Gasteiger partial charge < -0.3 is 10.6 Å². The Labute approximate surface area is 185 Å². The maximum Gasteiger partial charge on any atom is 0.270 e. The molecule has 0 fully saturated rings. The van der Waals surface area contributed by atoms with Crippen molar-refractivity contribution in [3.8, 4) is 0 Å². The summed E-state index contributed by atoms with van der Waals surface area (Å²) in [7, 11) is -2.09. The summed E-state index contributed by atoms with van der Waals surface area (Å²) in [6.07, 6.45) is 1.44. The van der Waals surface area contributed by atoms with Crippen molar-refractivity contribution in [1.29, 1.82) is 0 Å². The van der Waals surface area contributed by atoms with Crippen LogP contribution in [0.15, 0.2) is 40.5 Å². The number of rotatable bonds is 9. The molecule has 2 rings (SSSR count). The molecule has 0 aliphatic heterocycles. The molecular weight excluding hydrogens is 515 g/mol. The predicted molar refractivity (Wildman–Crippen MR) is 118 cm³/mol. The summed E-state index contributed by atoms with van der Waals surface area (Å²) in [6, 6.07) is 4.88. The molecule has 1 aromatic heterocycles.